The van der Waals surface area contributed by atoms with E-state index in [0.29, 0.717) is 18.2 Å². The number of pyridine rings is 1. The number of rotatable bonds is 3. The highest BCUT2D eigenvalue weighted by Gasteiger charge is 2.26. The zero-order chi connectivity index (χ0) is 12.3. The Morgan fingerprint density at radius 2 is 2.24 bits per heavy atom. The zero-order valence-electron chi connectivity index (χ0n) is 10.0. The fourth-order valence-electron chi connectivity index (χ4n) is 2.48. The summed E-state index contributed by atoms with van der Waals surface area (Å²) in [7, 11) is 0. The van der Waals surface area contributed by atoms with Gasteiger partial charge < -0.3 is 4.90 Å². The van der Waals surface area contributed by atoms with E-state index in [-0.39, 0.29) is 5.91 Å². The smallest absolute Gasteiger partial charge is 0.254 e. The van der Waals surface area contributed by atoms with Crippen molar-refractivity contribution in [2.45, 2.75) is 38.6 Å². The van der Waals surface area contributed by atoms with Gasteiger partial charge in [0.05, 0.1) is 0 Å². The van der Waals surface area contributed by atoms with Crippen LogP contribution in [0.4, 0.5) is 4.39 Å². The van der Waals surface area contributed by atoms with Gasteiger partial charge in [0.2, 0.25) is 5.95 Å². The maximum Gasteiger partial charge on any atom is 0.254 e. The molecule has 0 aromatic carbocycles. The highest BCUT2D eigenvalue weighted by atomic mass is 19.1. The topological polar surface area (TPSA) is 33.2 Å². The number of hydrogen-bond donors (Lipinski definition) is 0. The first-order chi connectivity index (χ1) is 8.22. The van der Waals surface area contributed by atoms with Gasteiger partial charge in [-0.2, -0.15) is 4.39 Å². The summed E-state index contributed by atoms with van der Waals surface area (Å²) in [5.74, 6) is -0.681. The Morgan fingerprint density at radius 1 is 1.53 bits per heavy atom. The van der Waals surface area contributed by atoms with Crippen LogP contribution < -0.4 is 0 Å². The van der Waals surface area contributed by atoms with E-state index in [1.54, 1.807) is 6.07 Å². The van der Waals surface area contributed by atoms with Crippen molar-refractivity contribution in [3.05, 3.63) is 29.8 Å². The van der Waals surface area contributed by atoms with Gasteiger partial charge in [-0.05, 0) is 25.8 Å². The van der Waals surface area contributed by atoms with Crippen LogP contribution in [-0.2, 0) is 0 Å². The van der Waals surface area contributed by atoms with Gasteiger partial charge in [0.25, 0.3) is 5.91 Å². The molecule has 1 aliphatic carbocycles. The molecule has 0 aliphatic heterocycles. The van der Waals surface area contributed by atoms with Crippen molar-refractivity contribution in [2.75, 3.05) is 6.54 Å². The summed E-state index contributed by atoms with van der Waals surface area (Å²) in [6, 6.07) is 3.10. The van der Waals surface area contributed by atoms with Gasteiger partial charge in [0.1, 0.15) is 0 Å². The lowest BCUT2D eigenvalue weighted by Crippen LogP contribution is -2.38. The Bertz CT molecular complexity index is 402. The molecular formula is C13H17FN2O. The molecule has 1 aromatic rings. The molecule has 1 aliphatic rings. The Hall–Kier alpha value is -1.45. The molecule has 0 unspecified atom stereocenters. The molecule has 0 bridgehead atoms. The second-order valence-corrected chi connectivity index (χ2v) is 4.40. The van der Waals surface area contributed by atoms with Crippen LogP contribution in [0.1, 0.15) is 43.0 Å². The molecule has 0 radical (unpaired) electrons. The summed E-state index contributed by atoms with van der Waals surface area (Å²) in [4.78, 5) is 17.6. The first-order valence-corrected chi connectivity index (χ1v) is 6.15. The van der Waals surface area contributed by atoms with E-state index < -0.39 is 5.95 Å². The van der Waals surface area contributed by atoms with Crippen molar-refractivity contribution in [1.82, 2.24) is 9.88 Å². The summed E-state index contributed by atoms with van der Waals surface area (Å²) in [5, 5.41) is 0. The van der Waals surface area contributed by atoms with Crippen LogP contribution in [0.2, 0.25) is 0 Å². The lowest BCUT2D eigenvalue weighted by Gasteiger charge is -2.27. The van der Waals surface area contributed by atoms with Crippen LogP contribution in [0, 0.1) is 5.95 Å². The molecule has 0 spiro atoms. The van der Waals surface area contributed by atoms with Crippen molar-refractivity contribution in [3.8, 4) is 0 Å². The molecule has 1 aromatic heterocycles. The number of hydrogen-bond acceptors (Lipinski definition) is 2. The van der Waals surface area contributed by atoms with Crippen LogP contribution in [0.3, 0.4) is 0 Å². The van der Waals surface area contributed by atoms with Crippen molar-refractivity contribution in [1.29, 1.82) is 0 Å². The Labute approximate surface area is 101 Å². The van der Waals surface area contributed by atoms with Crippen LogP contribution in [-0.4, -0.2) is 28.4 Å². The molecular weight excluding hydrogens is 219 g/mol. The van der Waals surface area contributed by atoms with Gasteiger partial charge >= 0.3 is 0 Å². The first-order valence-electron chi connectivity index (χ1n) is 6.15. The van der Waals surface area contributed by atoms with Crippen molar-refractivity contribution in [2.24, 2.45) is 0 Å². The minimum Gasteiger partial charge on any atom is -0.336 e. The summed E-state index contributed by atoms with van der Waals surface area (Å²) >= 11 is 0. The fourth-order valence-corrected chi connectivity index (χ4v) is 2.48. The Balaban J connectivity index is 2.16. The third-order valence-corrected chi connectivity index (χ3v) is 3.34. The molecule has 17 heavy (non-hydrogen) atoms. The Kier molecular flexibility index (Phi) is 3.71. The minimum atomic E-state index is -0.599. The Morgan fingerprint density at radius 3 is 2.82 bits per heavy atom. The summed E-state index contributed by atoms with van der Waals surface area (Å²) in [6.07, 6.45) is 5.82. The zero-order valence-corrected chi connectivity index (χ0v) is 10.0. The second-order valence-electron chi connectivity index (χ2n) is 4.40. The van der Waals surface area contributed by atoms with E-state index in [1.165, 1.54) is 25.1 Å². The number of aromatic nitrogens is 1. The van der Waals surface area contributed by atoms with E-state index in [0.717, 1.165) is 12.8 Å². The molecule has 1 heterocycles. The summed E-state index contributed by atoms with van der Waals surface area (Å²) in [5.41, 5.74) is 0.395. The number of halogens is 1. The molecule has 0 N–H and O–H groups in total. The SMILES string of the molecule is CCN(C(=O)c1ccnc(F)c1)C1CCCC1. The largest absolute Gasteiger partial charge is 0.336 e. The molecule has 0 atom stereocenters. The van der Waals surface area contributed by atoms with Gasteiger partial charge in [-0.15, -0.1) is 0 Å². The van der Waals surface area contributed by atoms with E-state index >= 15 is 0 Å². The highest BCUT2D eigenvalue weighted by molar-refractivity contribution is 5.94. The van der Waals surface area contributed by atoms with Crippen molar-refractivity contribution >= 4 is 5.91 Å². The normalized spacial score (nSPS) is 16.1. The molecule has 92 valence electrons. The van der Waals surface area contributed by atoms with Gasteiger partial charge in [0.15, 0.2) is 0 Å². The number of amides is 1. The third kappa shape index (κ3) is 2.62. The van der Waals surface area contributed by atoms with Crippen LogP contribution in [0.5, 0.6) is 0 Å². The van der Waals surface area contributed by atoms with Crippen LogP contribution >= 0.6 is 0 Å². The molecule has 2 rings (SSSR count). The number of carbonyl (C=O) groups is 1. The van der Waals surface area contributed by atoms with Crippen molar-refractivity contribution in [3.63, 3.8) is 0 Å². The lowest BCUT2D eigenvalue weighted by molar-refractivity contribution is 0.0693. The molecule has 0 saturated heterocycles. The van der Waals surface area contributed by atoms with E-state index in [1.807, 2.05) is 11.8 Å². The molecule has 4 heteroatoms. The van der Waals surface area contributed by atoms with Crippen LogP contribution in [0.25, 0.3) is 0 Å². The molecule has 1 saturated carbocycles. The monoisotopic (exact) mass is 236 g/mol. The van der Waals surface area contributed by atoms with Crippen molar-refractivity contribution < 1.29 is 9.18 Å². The second kappa shape index (κ2) is 5.25. The van der Waals surface area contributed by atoms with Gasteiger partial charge in [0, 0.05) is 30.4 Å². The van der Waals surface area contributed by atoms with Gasteiger partial charge in [-0.3, -0.25) is 4.79 Å². The predicted molar refractivity (Wildman–Crippen MR) is 63.2 cm³/mol. The summed E-state index contributed by atoms with van der Waals surface area (Å²) < 4.78 is 13.0. The third-order valence-electron chi connectivity index (χ3n) is 3.34. The number of carbonyl (C=O) groups excluding carboxylic acids is 1. The fraction of sp³-hybridized carbons (Fsp3) is 0.538. The van der Waals surface area contributed by atoms with Gasteiger partial charge in [-0.25, -0.2) is 4.98 Å². The average Bonchev–Trinajstić information content (AvgIpc) is 2.83. The predicted octanol–water partition coefficient (Wildman–Crippen LogP) is 2.63. The van der Waals surface area contributed by atoms with Crippen LogP contribution in [0.15, 0.2) is 18.3 Å². The summed E-state index contributed by atoms with van der Waals surface area (Å²) in [6.45, 7) is 2.64. The van der Waals surface area contributed by atoms with E-state index in [9.17, 15) is 9.18 Å². The van der Waals surface area contributed by atoms with E-state index in [2.05, 4.69) is 4.98 Å². The quantitative estimate of drug-likeness (QED) is 0.756. The maximum atomic E-state index is 13.0. The highest BCUT2D eigenvalue weighted by Crippen LogP contribution is 2.24. The standard InChI is InChI=1S/C13H17FN2O/c1-2-16(11-5-3-4-6-11)13(17)10-7-8-15-12(14)9-10/h7-9,11H,2-6H2,1H3. The van der Waals surface area contributed by atoms with Gasteiger partial charge in [-0.1, -0.05) is 12.8 Å². The molecule has 1 amide bonds. The molecule has 3 nitrogen and oxygen atoms in total. The first kappa shape index (κ1) is 12.0. The minimum absolute atomic E-state index is 0.0827. The van der Waals surface area contributed by atoms with E-state index in [4.69, 9.17) is 0 Å². The average molecular weight is 236 g/mol. The number of nitrogens with zero attached hydrogens (tertiary/aromatic N) is 2. The molecule has 1 fully saturated rings. The lowest BCUT2D eigenvalue weighted by atomic mass is 10.1. The maximum absolute atomic E-state index is 13.0.